The predicted octanol–water partition coefficient (Wildman–Crippen LogP) is 3.93. The molecule has 0 atom stereocenters. The van der Waals surface area contributed by atoms with Crippen LogP contribution in [0.5, 0.6) is 17.2 Å². The largest absolute Gasteiger partial charge is 0.497 e. The van der Waals surface area contributed by atoms with Crippen molar-refractivity contribution in [3.8, 4) is 29.6 Å². The number of ether oxygens (including phenoxy) is 3. The van der Waals surface area contributed by atoms with Gasteiger partial charge in [-0.25, -0.2) is 0 Å². The van der Waals surface area contributed by atoms with Crippen molar-refractivity contribution >= 4 is 17.8 Å². The topological polar surface area (TPSA) is 39.7 Å². The molecule has 1 N–H and O–H groups in total. The van der Waals surface area contributed by atoms with Gasteiger partial charge in [0, 0.05) is 11.6 Å². The highest BCUT2D eigenvalue weighted by Gasteiger charge is 2.10. The SMILES string of the molecule is C#CCNc1c(C=Cc2ccc(OC)cc2)cc(OC)cc1OC. The Bertz CT molecular complexity index is 743. The van der Waals surface area contributed by atoms with Gasteiger partial charge >= 0.3 is 0 Å². The third-order valence-corrected chi connectivity index (χ3v) is 3.50. The number of rotatable bonds is 7. The lowest BCUT2D eigenvalue weighted by molar-refractivity contribution is 0.395. The molecule has 124 valence electrons. The van der Waals surface area contributed by atoms with E-state index in [0.29, 0.717) is 18.0 Å². The third-order valence-electron chi connectivity index (χ3n) is 3.50. The van der Waals surface area contributed by atoms with Crippen LogP contribution in [0.25, 0.3) is 12.2 Å². The van der Waals surface area contributed by atoms with E-state index < -0.39 is 0 Å². The summed E-state index contributed by atoms with van der Waals surface area (Å²) in [6.07, 6.45) is 9.36. The first-order valence-corrected chi connectivity index (χ1v) is 7.47. The van der Waals surface area contributed by atoms with Crippen LogP contribution in [-0.4, -0.2) is 27.9 Å². The summed E-state index contributed by atoms with van der Waals surface area (Å²) >= 11 is 0. The molecule has 4 nitrogen and oxygen atoms in total. The molecule has 0 aliphatic rings. The molecule has 0 unspecified atom stereocenters. The number of anilines is 1. The average molecular weight is 323 g/mol. The Morgan fingerprint density at radius 2 is 1.67 bits per heavy atom. The van der Waals surface area contributed by atoms with Crippen LogP contribution in [0.1, 0.15) is 11.1 Å². The summed E-state index contributed by atoms with van der Waals surface area (Å²) in [6.45, 7) is 0.409. The van der Waals surface area contributed by atoms with Crippen molar-refractivity contribution in [2.45, 2.75) is 0 Å². The minimum Gasteiger partial charge on any atom is -0.497 e. The third kappa shape index (κ3) is 4.23. The monoisotopic (exact) mass is 323 g/mol. The summed E-state index contributed by atoms with van der Waals surface area (Å²) in [7, 11) is 4.89. The van der Waals surface area contributed by atoms with Gasteiger partial charge in [0.25, 0.3) is 0 Å². The van der Waals surface area contributed by atoms with Gasteiger partial charge in [0.05, 0.1) is 33.6 Å². The molecule has 4 heteroatoms. The molecule has 0 saturated carbocycles. The standard InChI is InChI=1S/C20H21NO3/c1-5-12-21-20-16(13-18(23-3)14-19(20)24-4)9-6-15-7-10-17(22-2)11-8-15/h1,6-11,13-14,21H,12H2,2-4H3. The smallest absolute Gasteiger partial charge is 0.146 e. The molecule has 0 heterocycles. The summed E-state index contributed by atoms with van der Waals surface area (Å²) in [5.74, 6) is 4.79. The fourth-order valence-corrected chi connectivity index (χ4v) is 2.25. The van der Waals surface area contributed by atoms with Crippen molar-refractivity contribution in [1.29, 1.82) is 0 Å². The van der Waals surface area contributed by atoms with Crippen LogP contribution in [0, 0.1) is 12.3 Å². The molecule has 0 radical (unpaired) electrons. The molecule has 2 rings (SSSR count). The van der Waals surface area contributed by atoms with Crippen LogP contribution in [0.2, 0.25) is 0 Å². The summed E-state index contributed by atoms with van der Waals surface area (Å²) in [5, 5.41) is 3.20. The van der Waals surface area contributed by atoms with Crippen molar-refractivity contribution in [2.24, 2.45) is 0 Å². The van der Waals surface area contributed by atoms with E-state index in [1.54, 1.807) is 21.3 Å². The minimum absolute atomic E-state index is 0.409. The van der Waals surface area contributed by atoms with Gasteiger partial charge in [0.15, 0.2) is 0 Å². The maximum absolute atomic E-state index is 5.45. The summed E-state index contributed by atoms with van der Waals surface area (Å²) in [6, 6.07) is 11.6. The lowest BCUT2D eigenvalue weighted by atomic mass is 10.1. The molecule has 0 bridgehead atoms. The molecule has 2 aromatic carbocycles. The van der Waals surface area contributed by atoms with Crippen molar-refractivity contribution in [3.05, 3.63) is 47.5 Å². The Morgan fingerprint density at radius 1 is 0.958 bits per heavy atom. The molecule has 2 aromatic rings. The molecular weight excluding hydrogens is 302 g/mol. The van der Waals surface area contributed by atoms with Crippen LogP contribution >= 0.6 is 0 Å². The molecule has 0 aliphatic carbocycles. The normalized spacial score (nSPS) is 10.2. The number of methoxy groups -OCH3 is 3. The maximum atomic E-state index is 5.45. The second-order valence-electron chi connectivity index (χ2n) is 4.96. The van der Waals surface area contributed by atoms with E-state index in [4.69, 9.17) is 20.6 Å². The lowest BCUT2D eigenvalue weighted by Gasteiger charge is -2.14. The first-order chi connectivity index (χ1) is 11.7. The molecule has 24 heavy (non-hydrogen) atoms. The first kappa shape index (κ1) is 17.3. The van der Waals surface area contributed by atoms with E-state index in [0.717, 1.165) is 22.6 Å². The fourth-order valence-electron chi connectivity index (χ4n) is 2.25. The molecule has 0 aliphatic heterocycles. The Morgan fingerprint density at radius 3 is 2.25 bits per heavy atom. The van der Waals surface area contributed by atoms with E-state index in [1.165, 1.54) is 0 Å². The van der Waals surface area contributed by atoms with Crippen LogP contribution in [0.4, 0.5) is 5.69 Å². The van der Waals surface area contributed by atoms with Gasteiger partial charge in [-0.2, -0.15) is 0 Å². The average Bonchev–Trinajstić information content (AvgIpc) is 2.64. The maximum Gasteiger partial charge on any atom is 0.146 e. The predicted molar refractivity (Wildman–Crippen MR) is 98.8 cm³/mol. The van der Waals surface area contributed by atoms with Gasteiger partial charge in [-0.15, -0.1) is 6.42 Å². The summed E-state index contributed by atoms with van der Waals surface area (Å²) < 4.78 is 16.0. The van der Waals surface area contributed by atoms with Gasteiger partial charge in [0.1, 0.15) is 17.2 Å². The van der Waals surface area contributed by atoms with Crippen molar-refractivity contribution < 1.29 is 14.2 Å². The fraction of sp³-hybridized carbons (Fsp3) is 0.200. The highest BCUT2D eigenvalue weighted by atomic mass is 16.5. The quantitative estimate of drug-likeness (QED) is 0.619. The van der Waals surface area contributed by atoms with Crippen LogP contribution in [-0.2, 0) is 0 Å². The zero-order valence-electron chi connectivity index (χ0n) is 14.1. The Kier molecular flexibility index (Phi) is 6.16. The van der Waals surface area contributed by atoms with Gasteiger partial charge in [-0.05, 0) is 23.8 Å². The van der Waals surface area contributed by atoms with Crippen LogP contribution < -0.4 is 19.5 Å². The highest BCUT2D eigenvalue weighted by molar-refractivity contribution is 5.81. The Hall–Kier alpha value is -3.06. The van der Waals surface area contributed by atoms with E-state index >= 15 is 0 Å². The molecule has 0 amide bonds. The van der Waals surface area contributed by atoms with Crippen molar-refractivity contribution in [2.75, 3.05) is 33.2 Å². The molecule has 0 saturated heterocycles. The van der Waals surface area contributed by atoms with Crippen molar-refractivity contribution in [1.82, 2.24) is 0 Å². The number of nitrogens with one attached hydrogen (secondary N) is 1. The Balaban J connectivity index is 2.38. The lowest BCUT2D eigenvalue weighted by Crippen LogP contribution is -2.03. The van der Waals surface area contributed by atoms with E-state index in [-0.39, 0.29) is 0 Å². The second kappa shape index (κ2) is 8.54. The van der Waals surface area contributed by atoms with Crippen LogP contribution in [0.15, 0.2) is 36.4 Å². The Labute approximate surface area is 143 Å². The van der Waals surface area contributed by atoms with Gasteiger partial charge < -0.3 is 19.5 Å². The number of hydrogen-bond donors (Lipinski definition) is 1. The second-order valence-corrected chi connectivity index (χ2v) is 4.96. The van der Waals surface area contributed by atoms with Gasteiger partial charge in [-0.1, -0.05) is 30.2 Å². The number of terminal acetylenes is 1. The molecule has 0 fully saturated rings. The van der Waals surface area contributed by atoms with Gasteiger partial charge in [-0.3, -0.25) is 0 Å². The van der Waals surface area contributed by atoms with Crippen LogP contribution in [0.3, 0.4) is 0 Å². The minimum atomic E-state index is 0.409. The van der Waals surface area contributed by atoms with Gasteiger partial charge in [0.2, 0.25) is 0 Å². The van der Waals surface area contributed by atoms with Crippen molar-refractivity contribution in [3.63, 3.8) is 0 Å². The molecule has 0 aromatic heterocycles. The molecule has 0 spiro atoms. The summed E-state index contributed by atoms with van der Waals surface area (Å²) in [5.41, 5.74) is 2.82. The number of benzene rings is 2. The van der Waals surface area contributed by atoms with E-state index in [9.17, 15) is 0 Å². The van der Waals surface area contributed by atoms with E-state index in [2.05, 4.69) is 11.2 Å². The first-order valence-electron chi connectivity index (χ1n) is 7.47. The zero-order chi connectivity index (χ0) is 17.4. The zero-order valence-corrected chi connectivity index (χ0v) is 14.1. The number of hydrogen-bond acceptors (Lipinski definition) is 4. The molecular formula is C20H21NO3. The van der Waals surface area contributed by atoms with E-state index in [1.807, 2.05) is 48.6 Å². The summed E-state index contributed by atoms with van der Waals surface area (Å²) in [4.78, 5) is 0. The highest BCUT2D eigenvalue weighted by Crippen LogP contribution is 2.34.